The maximum absolute atomic E-state index is 6.22. The molecule has 3 aromatic rings. The summed E-state index contributed by atoms with van der Waals surface area (Å²) in [5.74, 6) is 1.67. The molecule has 1 atom stereocenters. The zero-order valence-electron chi connectivity index (χ0n) is 16.8. The average Bonchev–Trinajstić information content (AvgIpc) is 3.44. The predicted octanol–water partition coefficient (Wildman–Crippen LogP) is 2.87. The number of nitrogens with zero attached hydrogens (tertiary/aromatic N) is 6. The Balaban J connectivity index is 1.28. The minimum atomic E-state index is 0.270. The van der Waals surface area contributed by atoms with Crippen LogP contribution in [0.25, 0.3) is 17.0 Å². The third kappa shape index (κ3) is 4.11. The van der Waals surface area contributed by atoms with Crippen LogP contribution in [0.1, 0.15) is 25.7 Å². The summed E-state index contributed by atoms with van der Waals surface area (Å²) in [4.78, 5) is 13.9. The number of ether oxygens (including phenoxy) is 1. The van der Waals surface area contributed by atoms with Gasteiger partial charge < -0.3 is 14.5 Å². The number of fused-ring (bicyclic) bond motifs is 1. The standard InChI is InChI=1S/C22H28N6O/c1-3-7-18(8-4-1)20-15-21(28-22(25-20)23-17-24-28)27-12-9-19(16-27)29-14-13-26-10-5-2-6-11-26/h1,3-4,7-8,15,17,19H,2,5-6,9-14,16H2/t19-/m1/s1. The molecule has 2 aromatic heterocycles. The summed E-state index contributed by atoms with van der Waals surface area (Å²) in [6.45, 7) is 6.17. The zero-order valence-corrected chi connectivity index (χ0v) is 16.8. The molecule has 0 spiro atoms. The maximum Gasteiger partial charge on any atom is 0.254 e. The lowest BCUT2D eigenvalue weighted by Crippen LogP contribution is -2.34. The molecule has 0 N–H and O–H groups in total. The van der Waals surface area contributed by atoms with E-state index in [0.717, 1.165) is 49.7 Å². The lowest BCUT2D eigenvalue weighted by Gasteiger charge is -2.26. The zero-order chi connectivity index (χ0) is 19.5. The largest absolute Gasteiger partial charge is 0.375 e. The van der Waals surface area contributed by atoms with Gasteiger partial charge in [0, 0.05) is 31.3 Å². The number of benzene rings is 1. The van der Waals surface area contributed by atoms with Crippen molar-refractivity contribution in [3.8, 4) is 11.3 Å². The second-order valence-corrected chi connectivity index (χ2v) is 7.97. The summed E-state index contributed by atoms with van der Waals surface area (Å²) in [5, 5.41) is 4.40. The fraction of sp³-hybridized carbons (Fsp3) is 0.500. The molecule has 7 nitrogen and oxygen atoms in total. The van der Waals surface area contributed by atoms with Gasteiger partial charge in [0.05, 0.1) is 18.4 Å². The van der Waals surface area contributed by atoms with E-state index in [1.54, 1.807) is 6.33 Å². The van der Waals surface area contributed by atoms with Crippen molar-refractivity contribution >= 4 is 11.6 Å². The fourth-order valence-corrected chi connectivity index (χ4v) is 4.38. The Morgan fingerprint density at radius 2 is 1.90 bits per heavy atom. The van der Waals surface area contributed by atoms with Crippen molar-refractivity contribution in [1.82, 2.24) is 24.5 Å². The van der Waals surface area contributed by atoms with Crippen molar-refractivity contribution in [2.24, 2.45) is 0 Å². The van der Waals surface area contributed by atoms with E-state index < -0.39 is 0 Å². The number of piperidine rings is 1. The first-order valence-electron chi connectivity index (χ1n) is 10.7. The van der Waals surface area contributed by atoms with Gasteiger partial charge in [-0.2, -0.15) is 14.6 Å². The molecular formula is C22H28N6O. The number of rotatable bonds is 6. The molecule has 0 amide bonds. The highest BCUT2D eigenvalue weighted by atomic mass is 16.5. The quantitative estimate of drug-likeness (QED) is 0.643. The number of anilines is 1. The van der Waals surface area contributed by atoms with Crippen LogP contribution in [0, 0.1) is 0 Å². The normalized spacial score (nSPS) is 20.6. The summed E-state index contributed by atoms with van der Waals surface area (Å²) in [6, 6.07) is 12.4. The average molecular weight is 393 g/mol. The highest BCUT2D eigenvalue weighted by molar-refractivity contribution is 5.65. The SMILES string of the molecule is c1ccc(-c2cc(N3CC[C@@H](OCCN4CCCCC4)C3)n3ncnc3n2)cc1. The summed E-state index contributed by atoms with van der Waals surface area (Å²) >= 11 is 0. The number of hydrogen-bond acceptors (Lipinski definition) is 6. The topological polar surface area (TPSA) is 58.8 Å². The minimum Gasteiger partial charge on any atom is -0.375 e. The van der Waals surface area contributed by atoms with Gasteiger partial charge in [-0.05, 0) is 32.4 Å². The van der Waals surface area contributed by atoms with Gasteiger partial charge in [0.1, 0.15) is 12.1 Å². The van der Waals surface area contributed by atoms with Crippen molar-refractivity contribution in [3.05, 3.63) is 42.7 Å². The van der Waals surface area contributed by atoms with Crippen molar-refractivity contribution in [3.63, 3.8) is 0 Å². The van der Waals surface area contributed by atoms with Crippen LogP contribution in [0.15, 0.2) is 42.7 Å². The smallest absolute Gasteiger partial charge is 0.254 e. The molecule has 29 heavy (non-hydrogen) atoms. The maximum atomic E-state index is 6.22. The van der Waals surface area contributed by atoms with Crippen LogP contribution >= 0.6 is 0 Å². The summed E-state index contributed by atoms with van der Waals surface area (Å²) in [7, 11) is 0. The van der Waals surface area contributed by atoms with E-state index in [1.165, 1.54) is 32.4 Å². The second-order valence-electron chi connectivity index (χ2n) is 7.97. The number of likely N-dealkylation sites (tertiary alicyclic amines) is 1. The first-order chi connectivity index (χ1) is 14.4. The highest BCUT2D eigenvalue weighted by Gasteiger charge is 2.26. The van der Waals surface area contributed by atoms with Crippen LogP contribution in [-0.4, -0.2) is 69.9 Å². The summed E-state index contributed by atoms with van der Waals surface area (Å²) in [5.41, 5.74) is 2.02. The van der Waals surface area contributed by atoms with E-state index in [0.29, 0.717) is 5.78 Å². The molecule has 0 aliphatic carbocycles. The van der Waals surface area contributed by atoms with E-state index in [4.69, 9.17) is 4.74 Å². The molecule has 2 aliphatic rings. The molecule has 4 heterocycles. The van der Waals surface area contributed by atoms with E-state index in [9.17, 15) is 0 Å². The Morgan fingerprint density at radius 1 is 1.03 bits per heavy atom. The second kappa shape index (κ2) is 8.47. The van der Waals surface area contributed by atoms with Crippen LogP contribution in [-0.2, 0) is 4.74 Å². The third-order valence-corrected chi connectivity index (χ3v) is 5.98. The van der Waals surface area contributed by atoms with Gasteiger partial charge in [-0.3, -0.25) is 0 Å². The van der Waals surface area contributed by atoms with Gasteiger partial charge in [-0.25, -0.2) is 4.98 Å². The van der Waals surface area contributed by atoms with Gasteiger partial charge >= 0.3 is 0 Å². The molecular weight excluding hydrogens is 364 g/mol. The Morgan fingerprint density at radius 3 is 2.76 bits per heavy atom. The summed E-state index contributed by atoms with van der Waals surface area (Å²) in [6.07, 6.45) is 6.92. The molecule has 0 radical (unpaired) electrons. The van der Waals surface area contributed by atoms with Gasteiger partial charge in [0.25, 0.3) is 5.78 Å². The van der Waals surface area contributed by atoms with Crippen molar-refractivity contribution < 1.29 is 4.74 Å². The fourth-order valence-electron chi connectivity index (χ4n) is 4.38. The van der Waals surface area contributed by atoms with Crippen LogP contribution in [0.5, 0.6) is 0 Å². The number of aromatic nitrogens is 4. The van der Waals surface area contributed by atoms with E-state index in [1.807, 2.05) is 22.7 Å². The van der Waals surface area contributed by atoms with Crippen LogP contribution in [0.3, 0.4) is 0 Å². The van der Waals surface area contributed by atoms with E-state index >= 15 is 0 Å². The lowest BCUT2D eigenvalue weighted by molar-refractivity contribution is 0.0467. The molecule has 1 aromatic carbocycles. The lowest BCUT2D eigenvalue weighted by atomic mass is 10.1. The van der Waals surface area contributed by atoms with Gasteiger partial charge in [-0.15, -0.1) is 0 Å². The molecule has 7 heteroatoms. The predicted molar refractivity (Wildman–Crippen MR) is 113 cm³/mol. The van der Waals surface area contributed by atoms with Crippen molar-refractivity contribution in [1.29, 1.82) is 0 Å². The molecule has 2 fully saturated rings. The van der Waals surface area contributed by atoms with Gasteiger partial charge in [-0.1, -0.05) is 36.8 Å². The molecule has 152 valence electrons. The number of hydrogen-bond donors (Lipinski definition) is 0. The highest BCUT2D eigenvalue weighted by Crippen LogP contribution is 2.27. The van der Waals surface area contributed by atoms with Crippen LogP contribution in [0.4, 0.5) is 5.82 Å². The third-order valence-electron chi connectivity index (χ3n) is 5.98. The Kier molecular flexibility index (Phi) is 5.41. The monoisotopic (exact) mass is 392 g/mol. The van der Waals surface area contributed by atoms with Gasteiger partial charge in [0.15, 0.2) is 0 Å². The molecule has 0 unspecified atom stereocenters. The van der Waals surface area contributed by atoms with Crippen LogP contribution in [0.2, 0.25) is 0 Å². The Hall–Kier alpha value is -2.51. The first kappa shape index (κ1) is 18.5. The molecule has 0 saturated carbocycles. The summed E-state index contributed by atoms with van der Waals surface area (Å²) < 4.78 is 8.06. The van der Waals surface area contributed by atoms with Gasteiger partial charge in [0.2, 0.25) is 0 Å². The van der Waals surface area contributed by atoms with E-state index in [2.05, 4.69) is 43.1 Å². The molecule has 0 bridgehead atoms. The Bertz CT molecular complexity index is 937. The molecule has 2 aliphatic heterocycles. The van der Waals surface area contributed by atoms with Crippen molar-refractivity contribution in [2.75, 3.05) is 44.2 Å². The van der Waals surface area contributed by atoms with E-state index in [-0.39, 0.29) is 6.10 Å². The van der Waals surface area contributed by atoms with Crippen molar-refractivity contribution in [2.45, 2.75) is 31.8 Å². The molecule has 5 rings (SSSR count). The molecule has 2 saturated heterocycles. The first-order valence-corrected chi connectivity index (χ1v) is 10.7. The minimum absolute atomic E-state index is 0.270. The van der Waals surface area contributed by atoms with Crippen LogP contribution < -0.4 is 4.90 Å². The Labute approximate surface area is 171 Å².